The Bertz CT molecular complexity index is 744. The van der Waals surface area contributed by atoms with Crippen LogP contribution in [0.5, 0.6) is 0 Å². The molecule has 0 aromatic carbocycles. The van der Waals surface area contributed by atoms with Crippen molar-refractivity contribution in [3.63, 3.8) is 0 Å². The lowest BCUT2D eigenvalue weighted by molar-refractivity contribution is 0.135. The van der Waals surface area contributed by atoms with Crippen molar-refractivity contribution in [1.82, 2.24) is 9.80 Å². The van der Waals surface area contributed by atoms with E-state index in [0.29, 0.717) is 6.17 Å². The van der Waals surface area contributed by atoms with E-state index in [4.69, 9.17) is 0 Å². The van der Waals surface area contributed by atoms with Crippen LogP contribution >= 0.6 is 0 Å². The van der Waals surface area contributed by atoms with Gasteiger partial charge in [0.1, 0.15) is 6.17 Å². The van der Waals surface area contributed by atoms with Crippen LogP contribution in [0.15, 0.2) is 12.4 Å². The summed E-state index contributed by atoms with van der Waals surface area (Å²) in [6.07, 6.45) is 76.8. The number of nitrogens with zero attached hydrogens (tertiary/aromatic N) is 2. The summed E-state index contributed by atoms with van der Waals surface area (Å²) in [5.41, 5.74) is 0. The minimum atomic E-state index is 0.634. The van der Waals surface area contributed by atoms with E-state index in [-0.39, 0.29) is 0 Å². The highest BCUT2D eigenvalue weighted by Crippen LogP contribution is 2.25. The largest absolute Gasteiger partial charge is 0.356 e. The molecule has 0 spiro atoms. The van der Waals surface area contributed by atoms with Gasteiger partial charge in [-0.2, -0.15) is 0 Å². The molecule has 0 bridgehead atoms. The van der Waals surface area contributed by atoms with Gasteiger partial charge in [-0.05, 0) is 25.7 Å². The van der Waals surface area contributed by atoms with Gasteiger partial charge in [-0.25, -0.2) is 0 Å². The van der Waals surface area contributed by atoms with Crippen LogP contribution in [-0.2, 0) is 0 Å². The zero-order chi connectivity index (χ0) is 42.2. The summed E-state index contributed by atoms with van der Waals surface area (Å²) in [5, 5.41) is 0. The Kier molecular flexibility index (Phi) is 46.2. The van der Waals surface area contributed by atoms with Gasteiger partial charge in [0.15, 0.2) is 0 Å². The molecular formula is C57H114N2. The average molecular weight is 828 g/mol. The summed E-state index contributed by atoms with van der Waals surface area (Å²) in [6, 6.07) is 0. The number of unbranched alkanes of at least 4 members (excludes halogenated alkanes) is 45. The van der Waals surface area contributed by atoms with Gasteiger partial charge in [-0.3, -0.25) is 0 Å². The predicted molar refractivity (Wildman–Crippen MR) is 270 cm³/mol. The molecule has 0 aromatic heterocycles. The number of rotatable bonds is 51. The minimum absolute atomic E-state index is 0.634. The maximum Gasteiger partial charge on any atom is 0.101 e. The Labute approximate surface area is 375 Å². The highest BCUT2D eigenvalue weighted by atomic mass is 15.4. The first-order valence-electron chi connectivity index (χ1n) is 28.5. The summed E-state index contributed by atoms with van der Waals surface area (Å²) >= 11 is 0. The fourth-order valence-corrected chi connectivity index (χ4v) is 9.90. The van der Waals surface area contributed by atoms with E-state index in [0.717, 1.165) is 0 Å². The van der Waals surface area contributed by atoms with E-state index in [9.17, 15) is 0 Å². The molecule has 0 saturated carbocycles. The Morgan fingerprint density at radius 1 is 0.220 bits per heavy atom. The fourth-order valence-electron chi connectivity index (χ4n) is 9.90. The molecule has 0 radical (unpaired) electrons. The highest BCUT2D eigenvalue weighted by molar-refractivity contribution is 4.97. The van der Waals surface area contributed by atoms with Gasteiger partial charge in [0.25, 0.3) is 0 Å². The van der Waals surface area contributed by atoms with Crippen molar-refractivity contribution in [1.29, 1.82) is 0 Å². The summed E-state index contributed by atoms with van der Waals surface area (Å²) in [7, 11) is 0. The van der Waals surface area contributed by atoms with Crippen LogP contribution in [0.1, 0.15) is 335 Å². The summed E-state index contributed by atoms with van der Waals surface area (Å²) in [6.45, 7) is 9.50. The Morgan fingerprint density at radius 2 is 0.390 bits per heavy atom. The summed E-state index contributed by atoms with van der Waals surface area (Å²) in [4.78, 5) is 5.50. The zero-order valence-electron chi connectivity index (χ0n) is 41.7. The SMILES string of the molecule is CCCCCCCCCCCCCCCCCCCN1C=CN(CCCCCCCCCCCCCCCCCCC)C1CCCCCCCCCCCCCCCC. The smallest absolute Gasteiger partial charge is 0.101 e. The van der Waals surface area contributed by atoms with Crippen molar-refractivity contribution in [3.8, 4) is 0 Å². The molecule has 0 aliphatic carbocycles. The normalized spacial score (nSPS) is 13.2. The topological polar surface area (TPSA) is 6.48 Å². The van der Waals surface area contributed by atoms with Crippen LogP contribution < -0.4 is 0 Å². The van der Waals surface area contributed by atoms with Gasteiger partial charge in [0.05, 0.1) is 0 Å². The molecular weight excluding hydrogens is 713 g/mol. The van der Waals surface area contributed by atoms with Crippen molar-refractivity contribution >= 4 is 0 Å². The number of hydrogen-bond acceptors (Lipinski definition) is 2. The second kappa shape index (κ2) is 48.4. The second-order valence-corrected chi connectivity index (χ2v) is 20.0. The van der Waals surface area contributed by atoms with Gasteiger partial charge in [-0.15, -0.1) is 0 Å². The van der Waals surface area contributed by atoms with E-state index in [2.05, 4.69) is 43.0 Å². The Morgan fingerprint density at radius 3 is 0.593 bits per heavy atom. The molecule has 0 unspecified atom stereocenters. The molecule has 0 atom stereocenters. The van der Waals surface area contributed by atoms with Crippen molar-refractivity contribution < 1.29 is 0 Å². The first-order chi connectivity index (χ1) is 29.3. The zero-order valence-corrected chi connectivity index (χ0v) is 41.7. The molecule has 0 N–H and O–H groups in total. The molecule has 0 aromatic rings. The predicted octanol–water partition coefficient (Wildman–Crippen LogP) is 20.6. The third-order valence-electron chi connectivity index (χ3n) is 14.1. The van der Waals surface area contributed by atoms with E-state index in [1.54, 1.807) is 0 Å². The van der Waals surface area contributed by atoms with Crippen LogP contribution in [0.4, 0.5) is 0 Å². The fraction of sp³-hybridized carbons (Fsp3) is 0.965. The van der Waals surface area contributed by atoms with Gasteiger partial charge in [0, 0.05) is 25.5 Å². The standard InChI is InChI=1S/C57H114N2/c1-4-7-10-13-16-19-22-25-28-30-32-35-38-41-44-47-50-53-58-55-56-59(57(58)52-49-46-43-40-37-34-27-24-21-18-15-12-9-6-3)54-51-48-45-42-39-36-33-31-29-26-23-20-17-14-11-8-5-2/h55-57H,4-54H2,1-3H3. The molecule has 1 aliphatic rings. The Hall–Kier alpha value is -0.660. The summed E-state index contributed by atoms with van der Waals surface area (Å²) < 4.78 is 0. The lowest BCUT2D eigenvalue weighted by Gasteiger charge is -2.33. The van der Waals surface area contributed by atoms with Crippen LogP contribution in [0, 0.1) is 0 Å². The molecule has 2 heteroatoms. The van der Waals surface area contributed by atoms with E-state index in [1.165, 1.54) is 328 Å². The first kappa shape index (κ1) is 56.4. The van der Waals surface area contributed by atoms with E-state index < -0.39 is 0 Å². The molecule has 352 valence electrons. The maximum atomic E-state index is 2.75. The van der Waals surface area contributed by atoms with Crippen LogP contribution in [0.2, 0.25) is 0 Å². The molecule has 1 aliphatic heterocycles. The third-order valence-corrected chi connectivity index (χ3v) is 14.1. The lowest BCUT2D eigenvalue weighted by Crippen LogP contribution is -2.39. The number of hydrogen-bond donors (Lipinski definition) is 0. The minimum Gasteiger partial charge on any atom is -0.356 e. The van der Waals surface area contributed by atoms with Gasteiger partial charge < -0.3 is 9.80 Å². The van der Waals surface area contributed by atoms with E-state index in [1.807, 2.05) is 0 Å². The van der Waals surface area contributed by atoms with Crippen LogP contribution in [0.25, 0.3) is 0 Å². The molecule has 59 heavy (non-hydrogen) atoms. The third kappa shape index (κ3) is 39.9. The van der Waals surface area contributed by atoms with Crippen LogP contribution in [0.3, 0.4) is 0 Å². The van der Waals surface area contributed by atoms with Crippen molar-refractivity contribution in [2.24, 2.45) is 0 Å². The maximum absolute atomic E-state index is 2.75. The molecule has 0 saturated heterocycles. The van der Waals surface area contributed by atoms with Gasteiger partial charge in [0.2, 0.25) is 0 Å². The van der Waals surface area contributed by atoms with Crippen molar-refractivity contribution in [3.05, 3.63) is 12.4 Å². The molecule has 2 nitrogen and oxygen atoms in total. The van der Waals surface area contributed by atoms with Crippen molar-refractivity contribution in [2.75, 3.05) is 13.1 Å². The summed E-state index contributed by atoms with van der Waals surface area (Å²) in [5.74, 6) is 0. The highest BCUT2D eigenvalue weighted by Gasteiger charge is 2.25. The molecule has 0 fully saturated rings. The van der Waals surface area contributed by atoms with Crippen LogP contribution in [-0.4, -0.2) is 29.1 Å². The van der Waals surface area contributed by atoms with E-state index >= 15 is 0 Å². The van der Waals surface area contributed by atoms with Gasteiger partial charge >= 0.3 is 0 Å². The molecule has 1 heterocycles. The van der Waals surface area contributed by atoms with Crippen molar-refractivity contribution in [2.45, 2.75) is 342 Å². The first-order valence-corrected chi connectivity index (χ1v) is 28.5. The average Bonchev–Trinajstić information content (AvgIpc) is 3.63. The monoisotopic (exact) mass is 827 g/mol. The second-order valence-electron chi connectivity index (χ2n) is 20.0. The lowest BCUT2D eigenvalue weighted by atomic mass is 10.0. The van der Waals surface area contributed by atoms with Gasteiger partial charge in [-0.1, -0.05) is 310 Å². The Balaban J connectivity index is 2.18. The molecule has 0 amide bonds. The molecule has 1 rings (SSSR count). The quantitative estimate of drug-likeness (QED) is 0.0564.